The lowest BCUT2D eigenvalue weighted by atomic mass is 10.1. The van der Waals surface area contributed by atoms with Crippen LogP contribution < -0.4 is 9.62 Å². The van der Waals surface area contributed by atoms with Crippen molar-refractivity contribution >= 4 is 62.3 Å². The van der Waals surface area contributed by atoms with Crippen molar-refractivity contribution in [2.24, 2.45) is 0 Å². The normalized spacial score (nSPS) is 14.5. The van der Waals surface area contributed by atoms with Crippen molar-refractivity contribution in [1.29, 1.82) is 0 Å². The number of halogens is 3. The van der Waals surface area contributed by atoms with Gasteiger partial charge in [0.15, 0.2) is 0 Å². The van der Waals surface area contributed by atoms with Gasteiger partial charge < -0.3 is 10.2 Å². The van der Waals surface area contributed by atoms with Gasteiger partial charge in [-0.25, -0.2) is 8.42 Å². The Morgan fingerprint density at radius 3 is 2.27 bits per heavy atom. The molecule has 3 aromatic rings. The van der Waals surface area contributed by atoms with Gasteiger partial charge in [0.2, 0.25) is 11.8 Å². The second-order valence-corrected chi connectivity index (χ2v) is 12.9. The topological polar surface area (TPSA) is 86.8 Å². The van der Waals surface area contributed by atoms with Crippen molar-refractivity contribution in [3.05, 3.63) is 93.4 Å². The van der Waals surface area contributed by atoms with Gasteiger partial charge in [-0.3, -0.25) is 13.9 Å². The maximum atomic E-state index is 14.0. The molecule has 11 heteroatoms. The van der Waals surface area contributed by atoms with Crippen molar-refractivity contribution in [3.63, 3.8) is 0 Å². The minimum Gasteiger partial charge on any atom is -0.352 e. The first kappa shape index (κ1) is 30.2. The van der Waals surface area contributed by atoms with Crippen LogP contribution in [0, 0.1) is 0 Å². The number of carbonyl (C=O) groups excluding carboxylic acids is 2. The molecule has 212 valence electrons. The number of nitrogens with zero attached hydrogens (tertiary/aromatic N) is 2. The fourth-order valence-corrected chi connectivity index (χ4v) is 6.81. The second-order valence-electron chi connectivity index (χ2n) is 9.74. The Labute approximate surface area is 250 Å². The molecule has 40 heavy (non-hydrogen) atoms. The summed E-state index contributed by atoms with van der Waals surface area (Å²) in [5.41, 5.74) is 0.747. The molecule has 0 spiro atoms. The quantitative estimate of drug-likeness (QED) is 0.287. The first-order valence-electron chi connectivity index (χ1n) is 12.9. The van der Waals surface area contributed by atoms with E-state index in [1.165, 1.54) is 35.2 Å². The molecule has 1 saturated carbocycles. The summed E-state index contributed by atoms with van der Waals surface area (Å²) >= 11 is 18.8. The number of hydrogen-bond donors (Lipinski definition) is 1. The fourth-order valence-electron chi connectivity index (χ4n) is 4.72. The van der Waals surface area contributed by atoms with Gasteiger partial charge in [0.25, 0.3) is 10.0 Å². The molecule has 0 bridgehead atoms. The fraction of sp³-hybridized carbons (Fsp3) is 0.310. The predicted octanol–water partition coefficient (Wildman–Crippen LogP) is 6.32. The first-order chi connectivity index (χ1) is 19.1. The van der Waals surface area contributed by atoms with Crippen molar-refractivity contribution in [2.75, 3.05) is 10.8 Å². The predicted molar refractivity (Wildman–Crippen MR) is 159 cm³/mol. The zero-order valence-corrected chi connectivity index (χ0v) is 25.0. The van der Waals surface area contributed by atoms with Gasteiger partial charge in [-0.05, 0) is 67.8 Å². The number of rotatable bonds is 10. The third-order valence-corrected chi connectivity index (χ3v) is 9.46. The summed E-state index contributed by atoms with van der Waals surface area (Å²) in [6.45, 7) is 1.06. The Bertz CT molecular complexity index is 1460. The Morgan fingerprint density at radius 2 is 1.60 bits per heavy atom. The molecule has 4 rings (SSSR count). The van der Waals surface area contributed by atoms with Crippen molar-refractivity contribution < 1.29 is 18.0 Å². The summed E-state index contributed by atoms with van der Waals surface area (Å²) in [4.78, 5) is 28.6. The maximum absolute atomic E-state index is 14.0. The lowest BCUT2D eigenvalue weighted by Gasteiger charge is -2.32. The van der Waals surface area contributed by atoms with E-state index in [0.29, 0.717) is 10.6 Å². The van der Waals surface area contributed by atoms with Crippen molar-refractivity contribution in [2.45, 2.75) is 56.1 Å². The number of amides is 2. The second kappa shape index (κ2) is 13.3. The Hall–Kier alpha value is -2.78. The summed E-state index contributed by atoms with van der Waals surface area (Å²) in [5, 5.41) is 3.87. The van der Waals surface area contributed by atoms with Crippen LogP contribution in [0.3, 0.4) is 0 Å². The van der Waals surface area contributed by atoms with Gasteiger partial charge in [-0.2, -0.15) is 0 Å². The molecule has 1 fully saturated rings. The minimum absolute atomic E-state index is 0.0211. The number of benzene rings is 3. The van der Waals surface area contributed by atoms with Gasteiger partial charge in [-0.1, -0.05) is 78.0 Å². The molecular formula is C29H30Cl3N3O4S. The lowest BCUT2D eigenvalue weighted by Crippen LogP contribution is -2.52. The maximum Gasteiger partial charge on any atom is 0.264 e. The van der Waals surface area contributed by atoms with Crippen LogP contribution in [0.2, 0.25) is 15.1 Å². The van der Waals surface area contributed by atoms with Gasteiger partial charge in [-0.15, -0.1) is 0 Å². The van der Waals surface area contributed by atoms with E-state index in [-0.39, 0.29) is 39.1 Å². The van der Waals surface area contributed by atoms with E-state index >= 15 is 0 Å². The van der Waals surface area contributed by atoms with Crippen LogP contribution in [0.25, 0.3) is 0 Å². The van der Waals surface area contributed by atoms with Crippen LogP contribution in [0.5, 0.6) is 0 Å². The van der Waals surface area contributed by atoms with E-state index in [1.807, 2.05) is 0 Å². The number of nitrogens with one attached hydrogen (secondary N) is 1. The lowest BCUT2D eigenvalue weighted by molar-refractivity contribution is -0.139. The highest BCUT2D eigenvalue weighted by Crippen LogP contribution is 2.33. The molecule has 0 heterocycles. The molecule has 0 aromatic heterocycles. The van der Waals surface area contributed by atoms with Crippen LogP contribution in [0.1, 0.15) is 38.2 Å². The highest BCUT2D eigenvalue weighted by atomic mass is 35.5. The monoisotopic (exact) mass is 621 g/mol. The minimum atomic E-state index is -4.25. The highest BCUT2D eigenvalue weighted by Gasteiger charge is 2.34. The third-order valence-electron chi connectivity index (χ3n) is 6.90. The van der Waals surface area contributed by atoms with E-state index in [0.717, 1.165) is 30.0 Å². The van der Waals surface area contributed by atoms with E-state index < -0.39 is 28.5 Å². The summed E-state index contributed by atoms with van der Waals surface area (Å²) in [7, 11) is -4.25. The zero-order valence-electron chi connectivity index (χ0n) is 21.9. The van der Waals surface area contributed by atoms with Gasteiger partial charge in [0.05, 0.1) is 15.6 Å². The molecule has 0 aliphatic heterocycles. The van der Waals surface area contributed by atoms with Gasteiger partial charge in [0.1, 0.15) is 12.6 Å². The molecule has 0 unspecified atom stereocenters. The van der Waals surface area contributed by atoms with Crippen LogP contribution >= 0.6 is 34.8 Å². The molecule has 1 N–H and O–H groups in total. The van der Waals surface area contributed by atoms with Gasteiger partial charge >= 0.3 is 0 Å². The number of sulfonamides is 1. The smallest absolute Gasteiger partial charge is 0.264 e. The number of hydrogen-bond acceptors (Lipinski definition) is 4. The van der Waals surface area contributed by atoms with Gasteiger partial charge in [0, 0.05) is 22.6 Å². The molecule has 0 radical (unpaired) electrons. The molecule has 1 aliphatic rings. The molecular weight excluding hydrogens is 593 g/mol. The standard InChI is InChI=1S/C29H30Cl3N3O4S/c1-20(29(37)33-24-10-5-6-11-24)34(18-21-8-7-9-22(30)16-21)28(36)19-35(27-17-23(31)14-15-26(27)32)40(38,39)25-12-3-2-4-13-25/h2-4,7-9,12-17,20,24H,5-6,10-11,18-19H2,1H3,(H,33,37)/t20-/m0/s1. The first-order valence-corrected chi connectivity index (χ1v) is 15.5. The average Bonchev–Trinajstić information content (AvgIpc) is 3.45. The zero-order chi connectivity index (χ0) is 28.9. The average molecular weight is 623 g/mol. The molecule has 1 aliphatic carbocycles. The highest BCUT2D eigenvalue weighted by molar-refractivity contribution is 7.92. The van der Waals surface area contributed by atoms with Crippen LogP contribution in [0.4, 0.5) is 5.69 Å². The van der Waals surface area contributed by atoms with E-state index in [9.17, 15) is 18.0 Å². The Morgan fingerprint density at radius 1 is 0.925 bits per heavy atom. The van der Waals surface area contributed by atoms with E-state index in [4.69, 9.17) is 34.8 Å². The molecule has 0 saturated heterocycles. The summed E-state index contributed by atoms with van der Waals surface area (Å²) in [6, 6.07) is 18.3. The third kappa shape index (κ3) is 7.29. The SMILES string of the molecule is C[C@@H](C(=O)NC1CCCC1)N(Cc1cccc(Cl)c1)C(=O)CN(c1cc(Cl)ccc1Cl)S(=O)(=O)c1ccccc1. The van der Waals surface area contributed by atoms with E-state index in [1.54, 1.807) is 49.4 Å². The van der Waals surface area contributed by atoms with Crippen molar-refractivity contribution in [3.8, 4) is 0 Å². The summed E-state index contributed by atoms with van der Waals surface area (Å²) in [6.07, 6.45) is 3.85. The molecule has 1 atom stereocenters. The summed E-state index contributed by atoms with van der Waals surface area (Å²) < 4.78 is 28.6. The molecule has 3 aromatic carbocycles. The van der Waals surface area contributed by atoms with E-state index in [2.05, 4.69) is 5.32 Å². The number of anilines is 1. The van der Waals surface area contributed by atoms with Crippen LogP contribution in [-0.2, 0) is 26.2 Å². The molecule has 7 nitrogen and oxygen atoms in total. The van der Waals surface area contributed by atoms with Crippen molar-refractivity contribution in [1.82, 2.24) is 10.2 Å². The Kier molecular flexibility index (Phi) is 10.0. The summed E-state index contributed by atoms with van der Waals surface area (Å²) in [5.74, 6) is -0.898. The largest absolute Gasteiger partial charge is 0.352 e. The number of carbonyl (C=O) groups is 2. The molecule has 2 amide bonds. The Balaban J connectivity index is 1.71. The van der Waals surface area contributed by atoms with Crippen LogP contribution in [-0.4, -0.2) is 43.8 Å². The van der Waals surface area contributed by atoms with Crippen LogP contribution in [0.15, 0.2) is 77.7 Å².